The molecule has 1 saturated heterocycles. The van der Waals surface area contributed by atoms with Crippen LogP contribution in [0.1, 0.15) is 37.0 Å². The number of likely N-dealkylation sites (tertiary alicyclic amines) is 1. The van der Waals surface area contributed by atoms with E-state index in [9.17, 15) is 14.3 Å². The third-order valence-electron chi connectivity index (χ3n) is 3.93. The summed E-state index contributed by atoms with van der Waals surface area (Å²) in [6.07, 6.45) is 1.35. The van der Waals surface area contributed by atoms with Crippen molar-refractivity contribution >= 4 is 5.78 Å². The number of rotatable bonds is 3. The van der Waals surface area contributed by atoms with Crippen molar-refractivity contribution in [1.82, 2.24) is 4.90 Å². The predicted molar refractivity (Wildman–Crippen MR) is 71.6 cm³/mol. The topological polar surface area (TPSA) is 40.5 Å². The number of nitrogens with zero attached hydrogens (tertiary/aromatic N) is 1. The van der Waals surface area contributed by atoms with Crippen molar-refractivity contribution in [2.75, 3.05) is 13.1 Å². The fourth-order valence-corrected chi connectivity index (χ4v) is 2.41. The van der Waals surface area contributed by atoms with E-state index < -0.39 is 5.60 Å². The monoisotopic (exact) mass is 265 g/mol. The largest absolute Gasteiger partial charge is 0.390 e. The molecule has 0 aliphatic carbocycles. The molecule has 0 spiro atoms. The van der Waals surface area contributed by atoms with Gasteiger partial charge in [0.05, 0.1) is 11.6 Å². The van der Waals surface area contributed by atoms with Crippen molar-refractivity contribution in [3.8, 4) is 0 Å². The van der Waals surface area contributed by atoms with Gasteiger partial charge in [-0.3, -0.25) is 9.69 Å². The molecule has 1 aromatic rings. The molecule has 0 radical (unpaired) electrons. The van der Waals surface area contributed by atoms with Gasteiger partial charge in [-0.1, -0.05) is 0 Å². The highest BCUT2D eigenvalue weighted by Gasteiger charge is 2.31. The number of hydrogen-bond acceptors (Lipinski definition) is 3. The Morgan fingerprint density at radius 2 is 1.84 bits per heavy atom. The summed E-state index contributed by atoms with van der Waals surface area (Å²) < 4.78 is 12.8. The number of ketones is 1. The van der Waals surface area contributed by atoms with E-state index in [0.717, 1.165) is 0 Å². The SMILES string of the molecule is CC(C(=O)c1ccc(F)cc1)N1CCC(C)(O)CC1. The Bertz CT molecular complexity index is 446. The Hall–Kier alpha value is -1.26. The van der Waals surface area contributed by atoms with Gasteiger partial charge in [0, 0.05) is 18.7 Å². The van der Waals surface area contributed by atoms with Crippen LogP contribution in [0, 0.1) is 5.82 Å². The van der Waals surface area contributed by atoms with E-state index in [1.807, 2.05) is 13.8 Å². The third-order valence-corrected chi connectivity index (χ3v) is 3.93. The first-order valence-electron chi connectivity index (χ1n) is 6.65. The van der Waals surface area contributed by atoms with Crippen LogP contribution in [0.15, 0.2) is 24.3 Å². The van der Waals surface area contributed by atoms with Gasteiger partial charge in [-0.25, -0.2) is 4.39 Å². The average molecular weight is 265 g/mol. The molecule has 1 aliphatic heterocycles. The van der Waals surface area contributed by atoms with E-state index in [-0.39, 0.29) is 17.6 Å². The number of benzene rings is 1. The Kier molecular flexibility index (Phi) is 4.02. The van der Waals surface area contributed by atoms with Crippen LogP contribution in [-0.4, -0.2) is 40.5 Å². The highest BCUT2D eigenvalue weighted by Crippen LogP contribution is 2.23. The van der Waals surface area contributed by atoms with E-state index in [1.165, 1.54) is 24.3 Å². The van der Waals surface area contributed by atoms with Crippen LogP contribution in [0.25, 0.3) is 0 Å². The molecule has 104 valence electrons. The van der Waals surface area contributed by atoms with Gasteiger partial charge in [0.1, 0.15) is 5.82 Å². The molecule has 0 saturated carbocycles. The minimum absolute atomic E-state index is 0.00143. The zero-order valence-corrected chi connectivity index (χ0v) is 11.4. The molecule has 19 heavy (non-hydrogen) atoms. The van der Waals surface area contributed by atoms with Gasteiger partial charge >= 0.3 is 0 Å². The lowest BCUT2D eigenvalue weighted by atomic mass is 9.92. The second-order valence-electron chi connectivity index (χ2n) is 5.58. The first-order chi connectivity index (χ1) is 8.89. The number of piperidine rings is 1. The average Bonchev–Trinajstić information content (AvgIpc) is 2.38. The van der Waals surface area contributed by atoms with Crippen LogP contribution in [-0.2, 0) is 0 Å². The van der Waals surface area contributed by atoms with Crippen LogP contribution in [0.5, 0.6) is 0 Å². The van der Waals surface area contributed by atoms with Crippen LogP contribution in [0.4, 0.5) is 4.39 Å². The summed E-state index contributed by atoms with van der Waals surface area (Å²) >= 11 is 0. The summed E-state index contributed by atoms with van der Waals surface area (Å²) in [6, 6.07) is 5.42. The molecule has 1 atom stereocenters. The normalized spacial score (nSPS) is 21.1. The molecule has 1 N–H and O–H groups in total. The third kappa shape index (κ3) is 3.39. The number of carbonyl (C=O) groups excluding carboxylic acids is 1. The van der Waals surface area contributed by atoms with Gasteiger partial charge in [-0.2, -0.15) is 0 Å². The van der Waals surface area contributed by atoms with E-state index >= 15 is 0 Å². The lowest BCUT2D eigenvalue weighted by Crippen LogP contribution is -2.48. The molecule has 1 unspecified atom stereocenters. The molecule has 0 aromatic heterocycles. The minimum Gasteiger partial charge on any atom is -0.390 e. The summed E-state index contributed by atoms with van der Waals surface area (Å²) in [6.45, 7) is 5.12. The summed E-state index contributed by atoms with van der Waals surface area (Å²) in [5, 5.41) is 9.91. The van der Waals surface area contributed by atoms with Crippen molar-refractivity contribution in [2.24, 2.45) is 0 Å². The first-order valence-corrected chi connectivity index (χ1v) is 6.65. The van der Waals surface area contributed by atoms with Gasteiger partial charge < -0.3 is 5.11 Å². The maximum Gasteiger partial charge on any atom is 0.179 e. The van der Waals surface area contributed by atoms with Gasteiger partial charge in [-0.05, 0) is 51.0 Å². The zero-order chi connectivity index (χ0) is 14.0. The van der Waals surface area contributed by atoms with E-state index in [0.29, 0.717) is 31.5 Å². The quantitative estimate of drug-likeness (QED) is 0.852. The second-order valence-corrected chi connectivity index (χ2v) is 5.58. The molecule has 0 bridgehead atoms. The van der Waals surface area contributed by atoms with Crippen LogP contribution in [0.3, 0.4) is 0 Å². The molecule has 1 aliphatic rings. The molecule has 1 heterocycles. The number of hydrogen-bond donors (Lipinski definition) is 1. The first kappa shape index (κ1) is 14.2. The lowest BCUT2D eigenvalue weighted by Gasteiger charge is -2.38. The molecular formula is C15H20FNO2. The van der Waals surface area contributed by atoms with Gasteiger partial charge in [0.2, 0.25) is 0 Å². The Labute approximate surface area is 113 Å². The van der Waals surface area contributed by atoms with Crippen molar-refractivity contribution in [3.63, 3.8) is 0 Å². The number of carbonyl (C=O) groups is 1. The lowest BCUT2D eigenvalue weighted by molar-refractivity contribution is -0.0127. The van der Waals surface area contributed by atoms with E-state index in [2.05, 4.69) is 4.90 Å². The molecule has 3 nitrogen and oxygen atoms in total. The second kappa shape index (κ2) is 5.39. The number of Topliss-reactive ketones (excluding diaryl/α,β-unsaturated/α-hetero) is 1. The van der Waals surface area contributed by atoms with Gasteiger partial charge in [0.25, 0.3) is 0 Å². The van der Waals surface area contributed by atoms with Gasteiger partial charge in [0.15, 0.2) is 5.78 Å². The zero-order valence-electron chi connectivity index (χ0n) is 11.4. The number of aliphatic hydroxyl groups is 1. The molecule has 1 aromatic carbocycles. The standard InChI is InChI=1S/C15H20FNO2/c1-11(17-9-7-15(2,19)8-10-17)14(18)12-3-5-13(16)6-4-12/h3-6,11,19H,7-10H2,1-2H3. The van der Waals surface area contributed by atoms with Gasteiger partial charge in [-0.15, -0.1) is 0 Å². The van der Waals surface area contributed by atoms with Crippen LogP contribution < -0.4 is 0 Å². The Morgan fingerprint density at radius 3 is 2.37 bits per heavy atom. The van der Waals surface area contributed by atoms with Crippen molar-refractivity contribution in [2.45, 2.75) is 38.3 Å². The molecule has 2 rings (SSSR count). The fourth-order valence-electron chi connectivity index (χ4n) is 2.41. The maximum absolute atomic E-state index is 12.8. The Balaban J connectivity index is 2.02. The van der Waals surface area contributed by atoms with Crippen molar-refractivity contribution in [1.29, 1.82) is 0 Å². The Morgan fingerprint density at radius 1 is 1.32 bits per heavy atom. The molecule has 4 heteroatoms. The summed E-state index contributed by atoms with van der Waals surface area (Å²) in [5.74, 6) is -0.334. The minimum atomic E-state index is -0.616. The fraction of sp³-hybridized carbons (Fsp3) is 0.533. The van der Waals surface area contributed by atoms with Crippen LogP contribution >= 0.6 is 0 Å². The molecule has 1 fully saturated rings. The highest BCUT2D eigenvalue weighted by atomic mass is 19.1. The van der Waals surface area contributed by atoms with E-state index in [4.69, 9.17) is 0 Å². The summed E-state index contributed by atoms with van der Waals surface area (Å²) in [4.78, 5) is 14.4. The maximum atomic E-state index is 12.8. The molecule has 0 amide bonds. The van der Waals surface area contributed by atoms with Crippen LogP contribution in [0.2, 0.25) is 0 Å². The molecular weight excluding hydrogens is 245 g/mol. The summed E-state index contributed by atoms with van der Waals surface area (Å²) in [7, 11) is 0. The van der Waals surface area contributed by atoms with E-state index in [1.54, 1.807) is 0 Å². The van der Waals surface area contributed by atoms with Crippen molar-refractivity contribution < 1.29 is 14.3 Å². The summed E-state index contributed by atoms with van der Waals surface area (Å²) in [5.41, 5.74) is -0.0824. The predicted octanol–water partition coefficient (Wildman–Crippen LogP) is 2.24. The van der Waals surface area contributed by atoms with Crippen molar-refractivity contribution in [3.05, 3.63) is 35.6 Å². The smallest absolute Gasteiger partial charge is 0.179 e. The highest BCUT2D eigenvalue weighted by molar-refractivity contribution is 5.99. The number of halogens is 1.